The first-order chi connectivity index (χ1) is 8.19. The van der Waals surface area contributed by atoms with Crippen LogP contribution >= 0.6 is 0 Å². The zero-order valence-electron chi connectivity index (χ0n) is 12.7. The Labute approximate surface area is 108 Å². The quantitative estimate of drug-likeness (QED) is 0.699. The van der Waals surface area contributed by atoms with Crippen LogP contribution in [0.4, 0.5) is 0 Å². The van der Waals surface area contributed by atoms with Gasteiger partial charge in [0.15, 0.2) is 0 Å². The molecule has 1 rings (SSSR count). The van der Waals surface area contributed by atoms with Gasteiger partial charge in [-0.1, -0.05) is 41.0 Å². The van der Waals surface area contributed by atoms with Crippen molar-refractivity contribution in [1.29, 1.82) is 0 Å². The molecule has 3 heteroatoms. The second kappa shape index (κ2) is 11.9. The van der Waals surface area contributed by atoms with Crippen molar-refractivity contribution in [3.05, 3.63) is 0 Å². The van der Waals surface area contributed by atoms with Gasteiger partial charge in [0.1, 0.15) is 6.04 Å². The average Bonchev–Trinajstić information content (AvgIpc) is 2.42. The maximum atomic E-state index is 11.3. The Morgan fingerprint density at radius 2 is 1.76 bits per heavy atom. The highest BCUT2D eigenvalue weighted by Gasteiger charge is 2.30. The van der Waals surface area contributed by atoms with E-state index in [1.165, 1.54) is 13.5 Å². The van der Waals surface area contributed by atoms with Crippen molar-refractivity contribution in [3.8, 4) is 0 Å². The topological polar surface area (TPSA) is 29.5 Å². The largest absolute Gasteiger partial charge is 0.468 e. The van der Waals surface area contributed by atoms with Crippen LogP contribution < -0.4 is 0 Å². The van der Waals surface area contributed by atoms with E-state index in [9.17, 15) is 4.79 Å². The standard InChI is InChI=1S/C10H19NO2.2C2H6/c1-4-8-5-6-9(10(12)13-3)11(2)7-8;2*1-2/h8-9H,4-7H2,1-3H3;2*1-2H3. The first kappa shape index (κ1) is 18.8. The van der Waals surface area contributed by atoms with Crippen molar-refractivity contribution < 1.29 is 9.53 Å². The molecule has 1 heterocycles. The Hall–Kier alpha value is -0.570. The van der Waals surface area contributed by atoms with Crippen molar-refractivity contribution in [2.75, 3.05) is 20.7 Å². The van der Waals surface area contributed by atoms with E-state index in [1.54, 1.807) is 0 Å². The molecule has 0 saturated carbocycles. The highest BCUT2D eigenvalue weighted by Crippen LogP contribution is 2.23. The molecule has 0 aromatic heterocycles. The van der Waals surface area contributed by atoms with Crippen molar-refractivity contribution in [2.45, 2.75) is 59.9 Å². The number of rotatable bonds is 2. The van der Waals surface area contributed by atoms with Crippen LogP contribution in [-0.4, -0.2) is 37.6 Å². The number of hydrogen-bond donors (Lipinski definition) is 0. The van der Waals surface area contributed by atoms with Crippen molar-refractivity contribution in [2.24, 2.45) is 5.92 Å². The van der Waals surface area contributed by atoms with Crippen LogP contribution in [0.2, 0.25) is 0 Å². The van der Waals surface area contributed by atoms with E-state index < -0.39 is 0 Å². The number of ether oxygens (including phenoxy) is 1. The summed E-state index contributed by atoms with van der Waals surface area (Å²) in [4.78, 5) is 13.4. The fraction of sp³-hybridized carbons (Fsp3) is 0.929. The summed E-state index contributed by atoms with van der Waals surface area (Å²) in [5.74, 6) is 0.669. The number of likely N-dealkylation sites (tertiary alicyclic amines) is 1. The minimum absolute atomic E-state index is 0.00667. The molecule has 1 saturated heterocycles. The van der Waals surface area contributed by atoms with Gasteiger partial charge in [0.2, 0.25) is 0 Å². The lowest BCUT2D eigenvalue weighted by Gasteiger charge is -2.34. The number of carbonyl (C=O) groups excluding carboxylic acids is 1. The molecule has 0 N–H and O–H groups in total. The molecule has 2 unspecified atom stereocenters. The maximum absolute atomic E-state index is 11.3. The Morgan fingerprint density at radius 1 is 1.24 bits per heavy atom. The van der Waals surface area contributed by atoms with E-state index in [0.29, 0.717) is 0 Å². The number of nitrogens with zero attached hydrogens (tertiary/aromatic N) is 1. The van der Waals surface area contributed by atoms with Gasteiger partial charge in [-0.2, -0.15) is 0 Å². The Bertz CT molecular complexity index is 183. The Balaban J connectivity index is 0. The summed E-state index contributed by atoms with van der Waals surface area (Å²) in [6.07, 6.45) is 3.31. The van der Waals surface area contributed by atoms with Crippen LogP contribution in [0.5, 0.6) is 0 Å². The molecule has 3 nitrogen and oxygen atoms in total. The van der Waals surface area contributed by atoms with Crippen LogP contribution in [0.15, 0.2) is 0 Å². The first-order valence-electron chi connectivity index (χ1n) is 6.97. The lowest BCUT2D eigenvalue weighted by Crippen LogP contribution is -2.45. The summed E-state index contributed by atoms with van der Waals surface area (Å²) in [5, 5.41) is 0. The second-order valence-corrected chi connectivity index (χ2v) is 3.83. The Morgan fingerprint density at radius 3 is 2.12 bits per heavy atom. The summed E-state index contributed by atoms with van der Waals surface area (Å²) in [6.45, 7) is 11.2. The van der Waals surface area contributed by atoms with Gasteiger partial charge in [0.25, 0.3) is 0 Å². The zero-order chi connectivity index (χ0) is 13.8. The monoisotopic (exact) mass is 245 g/mol. The third kappa shape index (κ3) is 6.67. The first-order valence-corrected chi connectivity index (χ1v) is 6.97. The van der Waals surface area contributed by atoms with Crippen LogP contribution in [-0.2, 0) is 9.53 Å². The maximum Gasteiger partial charge on any atom is 0.323 e. The predicted octanol–water partition coefficient (Wildman–Crippen LogP) is 3.33. The lowest BCUT2D eigenvalue weighted by atomic mass is 9.91. The van der Waals surface area contributed by atoms with Crippen LogP contribution in [0, 0.1) is 5.92 Å². The van der Waals surface area contributed by atoms with Gasteiger partial charge in [-0.05, 0) is 25.8 Å². The minimum atomic E-state index is -0.0861. The third-order valence-electron chi connectivity index (χ3n) is 2.98. The number of esters is 1. The van der Waals surface area contributed by atoms with Crippen LogP contribution in [0.25, 0.3) is 0 Å². The number of hydrogen-bond acceptors (Lipinski definition) is 3. The van der Waals surface area contributed by atoms with Gasteiger partial charge in [0, 0.05) is 6.54 Å². The number of piperidine rings is 1. The summed E-state index contributed by atoms with van der Waals surface area (Å²) in [6, 6.07) is -0.00667. The molecule has 0 amide bonds. The van der Waals surface area contributed by atoms with Crippen molar-refractivity contribution in [3.63, 3.8) is 0 Å². The smallest absolute Gasteiger partial charge is 0.323 e. The molecule has 0 bridgehead atoms. The SMILES string of the molecule is CC.CC.CCC1CCC(C(=O)OC)N(C)C1. The molecule has 2 atom stereocenters. The second-order valence-electron chi connectivity index (χ2n) is 3.83. The molecule has 1 aliphatic heterocycles. The van der Waals surface area contributed by atoms with E-state index in [0.717, 1.165) is 25.3 Å². The van der Waals surface area contributed by atoms with Crippen LogP contribution in [0.1, 0.15) is 53.9 Å². The number of methoxy groups -OCH3 is 1. The molecule has 0 aliphatic carbocycles. The van der Waals surface area contributed by atoms with Crippen molar-refractivity contribution in [1.82, 2.24) is 4.90 Å². The molecule has 104 valence electrons. The average molecular weight is 245 g/mol. The van der Waals surface area contributed by atoms with Gasteiger partial charge >= 0.3 is 5.97 Å². The number of carbonyl (C=O) groups is 1. The van der Waals surface area contributed by atoms with E-state index in [1.807, 2.05) is 34.7 Å². The molecule has 0 aromatic rings. The predicted molar refractivity (Wildman–Crippen MR) is 74.1 cm³/mol. The summed E-state index contributed by atoms with van der Waals surface area (Å²) < 4.78 is 4.75. The molecular formula is C14H31NO2. The summed E-state index contributed by atoms with van der Waals surface area (Å²) in [5.41, 5.74) is 0. The zero-order valence-corrected chi connectivity index (χ0v) is 12.7. The minimum Gasteiger partial charge on any atom is -0.468 e. The molecule has 0 radical (unpaired) electrons. The van der Waals surface area contributed by atoms with Crippen LogP contribution in [0.3, 0.4) is 0 Å². The van der Waals surface area contributed by atoms with Gasteiger partial charge in [-0.15, -0.1) is 0 Å². The fourth-order valence-electron chi connectivity index (χ4n) is 2.01. The van der Waals surface area contributed by atoms with E-state index in [4.69, 9.17) is 4.74 Å². The van der Waals surface area contributed by atoms with Crippen molar-refractivity contribution >= 4 is 5.97 Å². The molecule has 1 fully saturated rings. The molecule has 1 aliphatic rings. The highest BCUT2D eigenvalue weighted by molar-refractivity contribution is 5.75. The van der Waals surface area contributed by atoms with E-state index in [-0.39, 0.29) is 12.0 Å². The van der Waals surface area contributed by atoms with Gasteiger partial charge < -0.3 is 4.74 Å². The van der Waals surface area contributed by atoms with Gasteiger partial charge in [-0.3, -0.25) is 9.69 Å². The summed E-state index contributed by atoms with van der Waals surface area (Å²) in [7, 11) is 3.46. The third-order valence-corrected chi connectivity index (χ3v) is 2.98. The fourth-order valence-corrected chi connectivity index (χ4v) is 2.01. The molecule has 0 aromatic carbocycles. The molecule has 0 spiro atoms. The highest BCUT2D eigenvalue weighted by atomic mass is 16.5. The van der Waals surface area contributed by atoms with Gasteiger partial charge in [0.05, 0.1) is 7.11 Å². The van der Waals surface area contributed by atoms with E-state index in [2.05, 4.69) is 11.8 Å². The van der Waals surface area contributed by atoms with E-state index >= 15 is 0 Å². The lowest BCUT2D eigenvalue weighted by molar-refractivity contribution is -0.148. The number of likely N-dealkylation sites (N-methyl/N-ethyl adjacent to an activating group) is 1. The Kier molecular flexibility index (Phi) is 13.2. The normalized spacial score (nSPS) is 23.7. The van der Waals surface area contributed by atoms with Gasteiger partial charge in [-0.25, -0.2) is 0 Å². The molecule has 17 heavy (non-hydrogen) atoms. The molecular weight excluding hydrogens is 214 g/mol. The summed E-state index contributed by atoms with van der Waals surface area (Å²) >= 11 is 0.